The average molecular weight is 284 g/mol. The van der Waals surface area contributed by atoms with Crippen molar-refractivity contribution in [2.75, 3.05) is 7.11 Å². The van der Waals surface area contributed by atoms with Gasteiger partial charge in [-0.05, 0) is 5.56 Å². The van der Waals surface area contributed by atoms with Gasteiger partial charge in [-0.2, -0.15) is 13.2 Å². The van der Waals surface area contributed by atoms with Crippen LogP contribution in [-0.2, 0) is 17.5 Å². The Balaban J connectivity index is 3.64. The number of methoxy groups -OCH3 is 1. The monoisotopic (exact) mass is 284 g/mol. The number of pyridine rings is 1. The van der Waals surface area contributed by atoms with Crippen LogP contribution in [0.5, 0.6) is 0 Å². The van der Waals surface area contributed by atoms with Crippen LogP contribution >= 0.6 is 0 Å². The van der Waals surface area contributed by atoms with Crippen molar-refractivity contribution in [1.29, 1.82) is 0 Å². The number of carbonyl (C=O) groups excluding carboxylic acids is 1. The summed E-state index contributed by atoms with van der Waals surface area (Å²) in [7, 11) is 0.941. The molecule has 0 fully saturated rings. The first-order valence-corrected chi connectivity index (χ1v) is 4.89. The number of halogens is 5. The van der Waals surface area contributed by atoms with E-state index >= 15 is 0 Å². The zero-order chi connectivity index (χ0) is 14.8. The van der Waals surface area contributed by atoms with Gasteiger partial charge in [-0.15, -0.1) is 0 Å². The van der Waals surface area contributed by atoms with Crippen LogP contribution < -0.4 is 5.73 Å². The van der Waals surface area contributed by atoms with Crippen LogP contribution in [0.25, 0.3) is 0 Å². The molecule has 0 bridgehead atoms. The second-order valence-corrected chi connectivity index (χ2v) is 3.40. The lowest BCUT2D eigenvalue weighted by atomic mass is 10.0. The molecule has 106 valence electrons. The second-order valence-electron chi connectivity index (χ2n) is 3.40. The maximum Gasteiger partial charge on any atom is 0.418 e. The topological polar surface area (TPSA) is 65.2 Å². The van der Waals surface area contributed by atoms with E-state index in [2.05, 4.69) is 9.72 Å². The van der Waals surface area contributed by atoms with Crippen LogP contribution in [0.3, 0.4) is 0 Å². The molecule has 9 heteroatoms. The summed E-state index contributed by atoms with van der Waals surface area (Å²) in [6.45, 7) is -0.748. The highest BCUT2D eigenvalue weighted by atomic mass is 19.4. The minimum atomic E-state index is -5.10. The van der Waals surface area contributed by atoms with Crippen molar-refractivity contribution in [3.8, 4) is 0 Å². The van der Waals surface area contributed by atoms with Crippen molar-refractivity contribution in [1.82, 2.24) is 4.98 Å². The number of hydrogen-bond donors (Lipinski definition) is 1. The molecule has 0 aliphatic carbocycles. The normalized spacial score (nSPS) is 11.8. The van der Waals surface area contributed by atoms with Crippen LogP contribution in [0, 0.1) is 0 Å². The fraction of sp³-hybridized carbons (Fsp3) is 0.400. The molecule has 0 spiro atoms. The van der Waals surface area contributed by atoms with Crippen LogP contribution in [0.15, 0.2) is 6.20 Å². The van der Waals surface area contributed by atoms with Crippen LogP contribution in [-0.4, -0.2) is 18.1 Å². The Labute approximate surface area is 104 Å². The molecule has 0 unspecified atom stereocenters. The molecular formula is C10H9F5N2O2. The van der Waals surface area contributed by atoms with Gasteiger partial charge in [0.2, 0.25) is 0 Å². The standard InChI is InChI=1S/C10H9F5N2O2/c1-19-9(18)5-3-17-7(8(11)12)6(4(5)2-16)10(13,14)15/h3,8H,2,16H2,1H3. The number of hydrogen-bond acceptors (Lipinski definition) is 4. The Morgan fingerprint density at radius 2 is 2.05 bits per heavy atom. The molecule has 0 atom stereocenters. The number of rotatable bonds is 3. The van der Waals surface area contributed by atoms with Crippen molar-refractivity contribution < 1.29 is 31.5 Å². The van der Waals surface area contributed by atoms with Crippen LogP contribution in [0.2, 0.25) is 0 Å². The zero-order valence-electron chi connectivity index (χ0n) is 9.59. The van der Waals surface area contributed by atoms with Gasteiger partial charge in [-0.3, -0.25) is 4.98 Å². The Bertz CT molecular complexity index is 488. The van der Waals surface area contributed by atoms with Crippen LogP contribution in [0.1, 0.15) is 33.6 Å². The van der Waals surface area contributed by atoms with Crippen LogP contribution in [0.4, 0.5) is 22.0 Å². The molecule has 1 heterocycles. The first-order valence-electron chi connectivity index (χ1n) is 4.89. The number of nitrogens with zero attached hydrogens (tertiary/aromatic N) is 1. The first-order chi connectivity index (χ1) is 8.73. The SMILES string of the molecule is COC(=O)c1cnc(C(F)F)c(C(F)(F)F)c1CN. The molecule has 0 saturated carbocycles. The van der Waals surface area contributed by atoms with Crippen molar-refractivity contribution in [2.45, 2.75) is 19.1 Å². The Hall–Kier alpha value is -1.77. The van der Waals surface area contributed by atoms with Gasteiger partial charge in [-0.1, -0.05) is 0 Å². The van der Waals surface area contributed by atoms with Gasteiger partial charge in [0.1, 0.15) is 5.69 Å². The van der Waals surface area contributed by atoms with E-state index in [0.717, 1.165) is 7.11 Å². The lowest BCUT2D eigenvalue weighted by Gasteiger charge is -2.17. The molecule has 1 rings (SSSR count). The third kappa shape index (κ3) is 2.98. The van der Waals surface area contributed by atoms with Gasteiger partial charge in [0.05, 0.1) is 18.2 Å². The number of esters is 1. The number of ether oxygens (including phenoxy) is 1. The van der Waals surface area contributed by atoms with Crippen molar-refractivity contribution in [3.63, 3.8) is 0 Å². The van der Waals surface area contributed by atoms with Gasteiger partial charge in [0.15, 0.2) is 0 Å². The van der Waals surface area contributed by atoms with E-state index in [0.29, 0.717) is 6.20 Å². The van der Waals surface area contributed by atoms with Gasteiger partial charge in [-0.25, -0.2) is 13.6 Å². The summed E-state index contributed by atoms with van der Waals surface area (Å²) in [4.78, 5) is 14.3. The lowest BCUT2D eigenvalue weighted by molar-refractivity contribution is -0.140. The molecule has 1 aromatic rings. The Morgan fingerprint density at radius 1 is 1.47 bits per heavy atom. The van der Waals surface area contributed by atoms with Gasteiger partial charge in [0.25, 0.3) is 6.43 Å². The molecule has 0 radical (unpaired) electrons. The first kappa shape index (κ1) is 15.3. The summed E-state index contributed by atoms with van der Waals surface area (Å²) < 4.78 is 67.9. The minimum Gasteiger partial charge on any atom is -0.465 e. The molecule has 4 nitrogen and oxygen atoms in total. The summed E-state index contributed by atoms with van der Waals surface area (Å²) in [6, 6.07) is 0. The number of nitrogens with two attached hydrogens (primary N) is 1. The predicted molar refractivity (Wildman–Crippen MR) is 53.4 cm³/mol. The second kappa shape index (κ2) is 5.47. The van der Waals surface area contributed by atoms with E-state index in [4.69, 9.17) is 5.73 Å². The summed E-state index contributed by atoms with van der Waals surface area (Å²) >= 11 is 0. The van der Waals surface area contributed by atoms with Crippen molar-refractivity contribution in [2.24, 2.45) is 5.73 Å². The molecular weight excluding hydrogens is 275 g/mol. The summed E-state index contributed by atoms with van der Waals surface area (Å²) in [5.41, 5.74) is 0.643. The van der Waals surface area contributed by atoms with E-state index in [1.54, 1.807) is 0 Å². The van der Waals surface area contributed by atoms with E-state index in [1.165, 1.54) is 0 Å². The third-order valence-corrected chi connectivity index (χ3v) is 2.32. The largest absolute Gasteiger partial charge is 0.465 e. The lowest BCUT2D eigenvalue weighted by Crippen LogP contribution is -2.21. The van der Waals surface area contributed by atoms with E-state index in [-0.39, 0.29) is 0 Å². The van der Waals surface area contributed by atoms with Gasteiger partial charge in [0, 0.05) is 12.7 Å². The summed E-state index contributed by atoms with van der Waals surface area (Å²) in [5, 5.41) is 0. The van der Waals surface area contributed by atoms with Gasteiger partial charge < -0.3 is 10.5 Å². The Kier molecular flexibility index (Phi) is 4.40. The maximum absolute atomic E-state index is 12.8. The van der Waals surface area contributed by atoms with E-state index < -0.39 is 47.5 Å². The fourth-order valence-electron chi connectivity index (χ4n) is 1.55. The van der Waals surface area contributed by atoms with E-state index in [9.17, 15) is 26.7 Å². The zero-order valence-corrected chi connectivity index (χ0v) is 9.59. The summed E-state index contributed by atoms with van der Waals surface area (Å²) in [6.07, 6.45) is -7.93. The smallest absolute Gasteiger partial charge is 0.418 e. The highest BCUT2D eigenvalue weighted by Crippen LogP contribution is 2.38. The van der Waals surface area contributed by atoms with Crippen molar-refractivity contribution >= 4 is 5.97 Å². The quantitative estimate of drug-likeness (QED) is 0.683. The highest BCUT2D eigenvalue weighted by Gasteiger charge is 2.40. The van der Waals surface area contributed by atoms with Gasteiger partial charge >= 0.3 is 12.1 Å². The molecule has 19 heavy (non-hydrogen) atoms. The molecule has 2 N–H and O–H groups in total. The fourth-order valence-corrected chi connectivity index (χ4v) is 1.55. The Morgan fingerprint density at radius 3 is 2.42 bits per heavy atom. The van der Waals surface area contributed by atoms with E-state index in [1.807, 2.05) is 0 Å². The molecule has 0 aromatic carbocycles. The highest BCUT2D eigenvalue weighted by molar-refractivity contribution is 5.91. The minimum absolute atomic E-state index is 0.582. The molecule has 0 amide bonds. The number of alkyl halides is 5. The molecule has 0 aliphatic rings. The molecule has 1 aromatic heterocycles. The number of aromatic nitrogens is 1. The number of carbonyl (C=O) groups is 1. The molecule has 0 aliphatic heterocycles. The predicted octanol–water partition coefficient (Wildman–Crippen LogP) is 2.28. The maximum atomic E-state index is 12.8. The molecule has 0 saturated heterocycles. The van der Waals surface area contributed by atoms with Crippen molar-refractivity contribution in [3.05, 3.63) is 28.6 Å². The third-order valence-electron chi connectivity index (χ3n) is 2.32. The average Bonchev–Trinajstić information content (AvgIpc) is 2.34. The summed E-state index contributed by atoms with van der Waals surface area (Å²) in [5.74, 6) is -1.13.